The molecule has 0 aliphatic rings. The topological polar surface area (TPSA) is 84.2 Å². The number of carbonyl (C=O) groups is 2. The molecule has 0 saturated carbocycles. The number of nitrogens with one attached hydrogen (secondary N) is 2. The zero-order valence-corrected chi connectivity index (χ0v) is 11.6. The van der Waals surface area contributed by atoms with Crippen molar-refractivity contribution in [1.82, 2.24) is 0 Å². The number of nitrogens with two attached hydrogens (primary N) is 1. The van der Waals surface area contributed by atoms with Crippen molar-refractivity contribution in [2.75, 3.05) is 10.6 Å². The third-order valence-corrected chi connectivity index (χ3v) is 2.71. The summed E-state index contributed by atoms with van der Waals surface area (Å²) in [4.78, 5) is 23.1. The molecule has 104 valence electrons. The van der Waals surface area contributed by atoms with Gasteiger partial charge in [-0.25, -0.2) is 0 Å². The Hall–Kier alpha value is -1.88. The lowest BCUT2D eigenvalue weighted by Crippen LogP contribution is -2.24. The van der Waals surface area contributed by atoms with Crippen LogP contribution in [0.1, 0.15) is 32.3 Å². The van der Waals surface area contributed by atoms with Crippen molar-refractivity contribution in [3.63, 3.8) is 0 Å². The third-order valence-electron chi connectivity index (χ3n) is 2.71. The number of rotatable bonds is 5. The maximum atomic E-state index is 11.7. The normalized spacial score (nSPS) is 11.8. The first-order chi connectivity index (χ1) is 8.93. The van der Waals surface area contributed by atoms with E-state index in [1.807, 2.05) is 13.0 Å². The summed E-state index contributed by atoms with van der Waals surface area (Å²) in [5.74, 6) is -0.181. The largest absolute Gasteiger partial charge is 0.327 e. The molecule has 1 rings (SSSR count). The Bertz CT molecular complexity index is 470. The highest BCUT2D eigenvalue weighted by molar-refractivity contribution is 5.95. The van der Waals surface area contributed by atoms with Crippen LogP contribution in [0.3, 0.4) is 0 Å². The maximum Gasteiger partial charge on any atom is 0.225 e. The van der Waals surface area contributed by atoms with E-state index in [1.165, 1.54) is 0 Å². The zero-order valence-electron chi connectivity index (χ0n) is 11.6. The van der Waals surface area contributed by atoms with Crippen molar-refractivity contribution >= 4 is 23.2 Å². The number of benzene rings is 1. The van der Waals surface area contributed by atoms with Crippen LogP contribution >= 0.6 is 0 Å². The van der Waals surface area contributed by atoms with Gasteiger partial charge in [-0.2, -0.15) is 0 Å². The van der Waals surface area contributed by atoms with Gasteiger partial charge in [0.05, 0.1) is 0 Å². The van der Waals surface area contributed by atoms with E-state index in [2.05, 4.69) is 10.6 Å². The van der Waals surface area contributed by atoms with Crippen LogP contribution < -0.4 is 16.4 Å². The molecule has 0 aliphatic heterocycles. The van der Waals surface area contributed by atoms with Crippen LogP contribution in [0.2, 0.25) is 0 Å². The molecule has 1 atom stereocenters. The van der Waals surface area contributed by atoms with Gasteiger partial charge in [-0.05, 0) is 31.5 Å². The molecule has 0 fully saturated rings. The Balaban J connectivity index is 2.82. The molecule has 0 radical (unpaired) electrons. The first-order valence-electron chi connectivity index (χ1n) is 6.39. The summed E-state index contributed by atoms with van der Waals surface area (Å²) in [6, 6.07) is 5.23. The van der Waals surface area contributed by atoms with Crippen LogP contribution in [-0.2, 0) is 9.59 Å². The van der Waals surface area contributed by atoms with Crippen molar-refractivity contribution < 1.29 is 9.59 Å². The molecule has 1 aromatic carbocycles. The summed E-state index contributed by atoms with van der Waals surface area (Å²) in [5.41, 5.74) is 7.82. The second-order valence-electron chi connectivity index (χ2n) is 4.61. The summed E-state index contributed by atoms with van der Waals surface area (Å²) in [5, 5.41) is 5.60. The molecule has 2 amide bonds. The molecular formula is C14H21N3O2. The molecule has 19 heavy (non-hydrogen) atoms. The van der Waals surface area contributed by atoms with Crippen molar-refractivity contribution in [3.05, 3.63) is 23.8 Å². The Labute approximate surface area is 113 Å². The van der Waals surface area contributed by atoms with E-state index in [0.717, 1.165) is 5.56 Å². The van der Waals surface area contributed by atoms with Crippen LogP contribution in [0.4, 0.5) is 11.4 Å². The smallest absolute Gasteiger partial charge is 0.225 e. The second kappa shape index (κ2) is 6.89. The Kier molecular flexibility index (Phi) is 5.51. The van der Waals surface area contributed by atoms with Gasteiger partial charge in [-0.15, -0.1) is 0 Å². The molecule has 1 aromatic rings. The number of carbonyl (C=O) groups excluding carboxylic acids is 2. The average Bonchev–Trinajstić information content (AvgIpc) is 2.33. The lowest BCUT2D eigenvalue weighted by atomic mass is 10.1. The Morgan fingerprint density at radius 3 is 2.21 bits per heavy atom. The van der Waals surface area contributed by atoms with E-state index in [1.54, 1.807) is 26.0 Å². The first-order valence-corrected chi connectivity index (χ1v) is 6.39. The van der Waals surface area contributed by atoms with E-state index in [9.17, 15) is 9.59 Å². The van der Waals surface area contributed by atoms with Gasteiger partial charge in [0.15, 0.2) is 0 Å². The maximum absolute atomic E-state index is 11.7. The predicted octanol–water partition coefficient (Wildman–Crippen LogP) is 2.02. The first kappa shape index (κ1) is 15.2. The monoisotopic (exact) mass is 263 g/mol. The minimum Gasteiger partial charge on any atom is -0.327 e. The highest BCUT2D eigenvalue weighted by Gasteiger charge is 2.10. The standard InChI is InChI=1S/C14H21N3O2/c1-4-13(18)16-11-6-5-7-12(10(11)3)17-14(19)8-9(2)15/h5-7,9H,4,8,15H2,1-3H3,(H,16,18)(H,17,19). The van der Waals surface area contributed by atoms with E-state index >= 15 is 0 Å². The third kappa shape index (κ3) is 4.71. The fourth-order valence-corrected chi connectivity index (χ4v) is 1.64. The molecule has 0 heterocycles. The van der Waals surface area contributed by atoms with E-state index < -0.39 is 0 Å². The Morgan fingerprint density at radius 2 is 1.74 bits per heavy atom. The summed E-state index contributed by atoms with van der Waals surface area (Å²) >= 11 is 0. The fraction of sp³-hybridized carbons (Fsp3) is 0.429. The second-order valence-corrected chi connectivity index (χ2v) is 4.61. The molecule has 4 N–H and O–H groups in total. The zero-order chi connectivity index (χ0) is 14.4. The molecule has 0 saturated heterocycles. The number of hydrogen-bond donors (Lipinski definition) is 3. The van der Waals surface area contributed by atoms with Crippen LogP contribution in [-0.4, -0.2) is 17.9 Å². The van der Waals surface area contributed by atoms with Crippen molar-refractivity contribution in [3.8, 4) is 0 Å². The van der Waals surface area contributed by atoms with E-state index in [-0.39, 0.29) is 24.3 Å². The SMILES string of the molecule is CCC(=O)Nc1cccc(NC(=O)CC(C)N)c1C. The molecule has 0 aromatic heterocycles. The summed E-state index contributed by atoms with van der Waals surface area (Å²) in [6.45, 7) is 5.43. The van der Waals surface area contributed by atoms with Gasteiger partial charge in [0.25, 0.3) is 0 Å². The molecule has 1 unspecified atom stereocenters. The van der Waals surface area contributed by atoms with Crippen LogP contribution in [0.25, 0.3) is 0 Å². The fourth-order valence-electron chi connectivity index (χ4n) is 1.64. The van der Waals surface area contributed by atoms with Crippen molar-refractivity contribution in [2.24, 2.45) is 5.73 Å². The molecule has 0 spiro atoms. The lowest BCUT2D eigenvalue weighted by Gasteiger charge is -2.13. The minimum atomic E-state index is -0.178. The van der Waals surface area contributed by atoms with Gasteiger partial charge in [0.1, 0.15) is 0 Å². The van der Waals surface area contributed by atoms with E-state index in [4.69, 9.17) is 5.73 Å². The number of amides is 2. The summed E-state index contributed by atoms with van der Waals surface area (Å²) < 4.78 is 0. The molecule has 0 bridgehead atoms. The van der Waals surface area contributed by atoms with Gasteiger partial charge in [0.2, 0.25) is 11.8 Å². The summed E-state index contributed by atoms with van der Waals surface area (Å²) in [6.07, 6.45) is 0.686. The van der Waals surface area contributed by atoms with Crippen LogP contribution in [0, 0.1) is 6.92 Å². The summed E-state index contributed by atoms with van der Waals surface area (Å²) in [7, 11) is 0. The predicted molar refractivity (Wildman–Crippen MR) is 77.0 cm³/mol. The van der Waals surface area contributed by atoms with Crippen LogP contribution in [0.5, 0.6) is 0 Å². The van der Waals surface area contributed by atoms with Crippen molar-refractivity contribution in [2.45, 2.75) is 39.7 Å². The molecule has 5 nitrogen and oxygen atoms in total. The van der Waals surface area contributed by atoms with Gasteiger partial charge >= 0.3 is 0 Å². The Morgan fingerprint density at radius 1 is 1.21 bits per heavy atom. The quantitative estimate of drug-likeness (QED) is 0.759. The van der Waals surface area contributed by atoms with Gasteiger partial charge in [-0.3, -0.25) is 9.59 Å². The number of hydrogen-bond acceptors (Lipinski definition) is 3. The van der Waals surface area contributed by atoms with E-state index in [0.29, 0.717) is 17.8 Å². The van der Waals surface area contributed by atoms with Gasteiger partial charge in [0, 0.05) is 30.3 Å². The van der Waals surface area contributed by atoms with Crippen LogP contribution in [0.15, 0.2) is 18.2 Å². The lowest BCUT2D eigenvalue weighted by molar-refractivity contribution is -0.117. The highest BCUT2D eigenvalue weighted by atomic mass is 16.2. The van der Waals surface area contributed by atoms with Gasteiger partial charge in [-0.1, -0.05) is 13.0 Å². The molecule has 5 heteroatoms. The number of anilines is 2. The highest BCUT2D eigenvalue weighted by Crippen LogP contribution is 2.23. The van der Waals surface area contributed by atoms with Crippen molar-refractivity contribution in [1.29, 1.82) is 0 Å². The molecule has 0 aliphatic carbocycles. The molecular weight excluding hydrogens is 242 g/mol. The minimum absolute atomic E-state index is 0.0536. The average molecular weight is 263 g/mol. The van der Waals surface area contributed by atoms with Gasteiger partial charge < -0.3 is 16.4 Å².